The van der Waals surface area contributed by atoms with Crippen molar-refractivity contribution in [3.63, 3.8) is 0 Å². The second-order valence-electron chi connectivity index (χ2n) is 10.7. The van der Waals surface area contributed by atoms with Crippen LogP contribution in [0.5, 0.6) is 0 Å². The Bertz CT molecular complexity index is 1070. The molecule has 2 saturated heterocycles. The van der Waals surface area contributed by atoms with Crippen LogP contribution in [0.4, 0.5) is 11.8 Å². The number of nitrogens with zero attached hydrogens (tertiary/aromatic N) is 6. The van der Waals surface area contributed by atoms with Crippen LogP contribution in [-0.2, 0) is 0 Å². The van der Waals surface area contributed by atoms with Gasteiger partial charge in [0.1, 0.15) is 5.82 Å². The molecule has 7 heteroatoms. The molecule has 0 radical (unpaired) electrons. The maximum atomic E-state index is 4.87. The molecular weight excluding hydrogens is 458 g/mol. The zero-order valence-electron chi connectivity index (χ0n) is 22.7. The smallest absolute Gasteiger partial charge is 0.224 e. The Morgan fingerprint density at radius 3 is 2.59 bits per heavy atom. The van der Waals surface area contributed by atoms with E-state index in [0.29, 0.717) is 6.04 Å². The average Bonchev–Trinajstić information content (AvgIpc) is 3.09. The molecule has 3 aliphatic heterocycles. The first kappa shape index (κ1) is 25.6. The van der Waals surface area contributed by atoms with Crippen LogP contribution in [0.25, 0.3) is 0 Å². The minimum atomic E-state index is 0.412. The molecule has 0 saturated carbocycles. The number of rotatable bonds is 6. The molecule has 1 aromatic heterocycles. The Hall–Kier alpha value is -3.06. The van der Waals surface area contributed by atoms with Gasteiger partial charge in [0.05, 0.1) is 11.4 Å². The highest BCUT2D eigenvalue weighted by Crippen LogP contribution is 2.35. The maximum absolute atomic E-state index is 4.87. The lowest BCUT2D eigenvalue weighted by Gasteiger charge is -2.33. The number of allylic oxidation sites excluding steroid dienone is 6. The Balaban J connectivity index is 1.15. The monoisotopic (exact) mass is 501 g/mol. The van der Waals surface area contributed by atoms with Gasteiger partial charge >= 0.3 is 0 Å². The van der Waals surface area contributed by atoms with E-state index in [4.69, 9.17) is 4.98 Å². The number of aromatic nitrogens is 2. The summed E-state index contributed by atoms with van der Waals surface area (Å²) in [5, 5.41) is 8.15. The van der Waals surface area contributed by atoms with E-state index in [1.165, 1.54) is 42.7 Å². The van der Waals surface area contributed by atoms with E-state index in [1.807, 2.05) is 6.20 Å². The van der Waals surface area contributed by atoms with Gasteiger partial charge in [-0.15, -0.1) is 0 Å². The molecule has 37 heavy (non-hydrogen) atoms. The molecule has 7 nitrogen and oxygen atoms in total. The minimum absolute atomic E-state index is 0.412. The van der Waals surface area contributed by atoms with Gasteiger partial charge in [-0.1, -0.05) is 43.7 Å². The largest absolute Gasteiger partial charge is 0.356 e. The highest BCUT2D eigenvalue weighted by molar-refractivity contribution is 5.44. The second kappa shape index (κ2) is 12.0. The van der Waals surface area contributed by atoms with E-state index in [-0.39, 0.29) is 0 Å². The number of nitrogens with one attached hydrogen (secondary N) is 1. The molecule has 0 spiro atoms. The summed E-state index contributed by atoms with van der Waals surface area (Å²) in [4.78, 5) is 14.4. The molecule has 198 valence electrons. The predicted octanol–water partition coefficient (Wildman–Crippen LogP) is 5.47. The fourth-order valence-corrected chi connectivity index (χ4v) is 5.82. The van der Waals surface area contributed by atoms with Gasteiger partial charge in [-0.3, -0.25) is 14.9 Å². The molecule has 0 bridgehead atoms. The van der Waals surface area contributed by atoms with E-state index in [9.17, 15) is 0 Å². The summed E-state index contributed by atoms with van der Waals surface area (Å²) in [6, 6.07) is 2.47. The van der Waals surface area contributed by atoms with Gasteiger partial charge in [-0.25, -0.2) is 4.98 Å². The highest BCUT2D eigenvalue weighted by atomic mass is 15.6. The lowest BCUT2D eigenvalue weighted by molar-refractivity contribution is 0.148. The molecular formula is C30H43N7. The van der Waals surface area contributed by atoms with Crippen LogP contribution in [0.2, 0.25) is 0 Å². The third-order valence-electron chi connectivity index (χ3n) is 8.15. The summed E-state index contributed by atoms with van der Waals surface area (Å²) in [6.45, 7) is 12.0. The summed E-state index contributed by atoms with van der Waals surface area (Å²) in [7, 11) is 2.15. The number of hydrogen-bond donors (Lipinski definition) is 1. The van der Waals surface area contributed by atoms with Gasteiger partial charge < -0.3 is 10.2 Å². The summed E-state index contributed by atoms with van der Waals surface area (Å²) in [6.07, 6.45) is 22.4. The molecule has 1 aliphatic carbocycles. The molecule has 0 aromatic carbocycles. The molecule has 1 N–H and O–H groups in total. The van der Waals surface area contributed by atoms with Crippen molar-refractivity contribution in [2.75, 3.05) is 50.0 Å². The Morgan fingerprint density at radius 2 is 1.81 bits per heavy atom. The number of hydrogen-bond acceptors (Lipinski definition) is 7. The van der Waals surface area contributed by atoms with Gasteiger partial charge in [-0.2, -0.15) is 4.98 Å². The summed E-state index contributed by atoms with van der Waals surface area (Å²) in [5.74, 6) is 1.84. The van der Waals surface area contributed by atoms with Crippen LogP contribution < -0.4 is 10.2 Å². The van der Waals surface area contributed by atoms with E-state index < -0.39 is 0 Å². The molecule has 2 fully saturated rings. The van der Waals surface area contributed by atoms with Crippen LogP contribution >= 0.6 is 0 Å². The Morgan fingerprint density at radius 1 is 1.03 bits per heavy atom. The lowest BCUT2D eigenvalue weighted by Crippen LogP contribution is -2.40. The summed E-state index contributed by atoms with van der Waals surface area (Å²) < 4.78 is 0. The Kier molecular flexibility index (Phi) is 8.29. The highest BCUT2D eigenvalue weighted by Gasteiger charge is 2.31. The quantitative estimate of drug-likeness (QED) is 0.554. The van der Waals surface area contributed by atoms with Crippen molar-refractivity contribution in [2.45, 2.75) is 64.3 Å². The molecule has 5 rings (SSSR count). The van der Waals surface area contributed by atoms with Crippen LogP contribution in [0.3, 0.4) is 0 Å². The number of hydrazine groups is 1. The van der Waals surface area contributed by atoms with Crippen LogP contribution in [-0.4, -0.2) is 70.7 Å². The van der Waals surface area contributed by atoms with Crippen LogP contribution in [0, 0.1) is 0 Å². The standard InChI is InChI=1S/C30H43N7/c1-24-28(25(2)37(34(24)3)27-13-9-5-4-6-10-14-27)23-35-21-16-26(17-22-35)32-30-31-18-15-29(33-30)36-19-11-7-8-12-20-36/h4-5,9,13-15,18,26H,2,6-8,10-12,16-17,19-23H2,1,3H3,(H,31,32,33)/b5-4+,13-9-,27-14+. The lowest BCUT2D eigenvalue weighted by atomic mass is 10.0. The van der Waals surface area contributed by atoms with Gasteiger partial charge in [-0.05, 0) is 57.6 Å². The van der Waals surface area contributed by atoms with Gasteiger partial charge in [0.25, 0.3) is 0 Å². The third kappa shape index (κ3) is 6.09. The van der Waals surface area contributed by atoms with Crippen molar-refractivity contribution in [1.29, 1.82) is 0 Å². The first-order chi connectivity index (χ1) is 18.1. The number of likely N-dealkylation sites (tertiary alicyclic amines) is 1. The van der Waals surface area contributed by atoms with Crippen LogP contribution in [0.15, 0.2) is 71.9 Å². The fourth-order valence-electron chi connectivity index (χ4n) is 5.82. The third-order valence-corrected chi connectivity index (χ3v) is 8.15. The zero-order valence-corrected chi connectivity index (χ0v) is 22.7. The van der Waals surface area contributed by atoms with Crippen molar-refractivity contribution in [1.82, 2.24) is 24.9 Å². The average molecular weight is 502 g/mol. The SMILES string of the molecule is C=C1C(CN2CCC(Nc3nccc(N4CCCCCC4)n3)CC2)=C(C)N(C)N1C1=C/CC/C=C/C=C\1. The molecule has 0 unspecified atom stereocenters. The minimum Gasteiger partial charge on any atom is -0.356 e. The van der Waals surface area contributed by atoms with Crippen molar-refractivity contribution in [3.8, 4) is 0 Å². The summed E-state index contributed by atoms with van der Waals surface area (Å²) >= 11 is 0. The van der Waals surface area contributed by atoms with E-state index >= 15 is 0 Å². The van der Waals surface area contributed by atoms with E-state index in [0.717, 1.165) is 75.9 Å². The predicted molar refractivity (Wildman–Crippen MR) is 153 cm³/mol. The van der Waals surface area contributed by atoms with E-state index in [2.05, 4.69) is 87.1 Å². The molecule has 4 heterocycles. The van der Waals surface area contributed by atoms with Crippen LogP contribution in [0.1, 0.15) is 58.3 Å². The zero-order chi connectivity index (χ0) is 25.6. The van der Waals surface area contributed by atoms with Crippen molar-refractivity contribution in [3.05, 3.63) is 71.9 Å². The molecule has 4 aliphatic rings. The van der Waals surface area contributed by atoms with Gasteiger partial charge in [0.15, 0.2) is 0 Å². The van der Waals surface area contributed by atoms with Gasteiger partial charge in [0, 0.05) is 63.3 Å². The first-order valence-corrected chi connectivity index (χ1v) is 14.1. The molecule has 0 amide bonds. The summed E-state index contributed by atoms with van der Waals surface area (Å²) in [5.41, 5.74) is 4.93. The van der Waals surface area contributed by atoms with E-state index in [1.54, 1.807) is 0 Å². The number of piperidine rings is 1. The Labute approximate surface area is 222 Å². The van der Waals surface area contributed by atoms with Crippen molar-refractivity contribution in [2.24, 2.45) is 0 Å². The maximum Gasteiger partial charge on any atom is 0.224 e. The number of anilines is 2. The van der Waals surface area contributed by atoms with Crippen molar-refractivity contribution < 1.29 is 0 Å². The second-order valence-corrected chi connectivity index (χ2v) is 10.7. The first-order valence-electron chi connectivity index (χ1n) is 14.1. The molecule has 1 aromatic rings. The molecule has 0 atom stereocenters. The topological polar surface area (TPSA) is 50.8 Å². The fraction of sp³-hybridized carbons (Fsp3) is 0.533. The van der Waals surface area contributed by atoms with Gasteiger partial charge in [0.2, 0.25) is 5.95 Å². The normalized spacial score (nSPS) is 25.4. The van der Waals surface area contributed by atoms with Crippen molar-refractivity contribution >= 4 is 11.8 Å².